The van der Waals surface area contributed by atoms with Crippen LogP contribution in [0.3, 0.4) is 0 Å². The van der Waals surface area contributed by atoms with Crippen molar-refractivity contribution in [2.45, 2.75) is 6.54 Å². The molecule has 2 rings (SSSR count). The van der Waals surface area contributed by atoms with Gasteiger partial charge in [0, 0.05) is 14.3 Å². The van der Waals surface area contributed by atoms with Crippen LogP contribution >= 0.6 is 56.8 Å². The van der Waals surface area contributed by atoms with Gasteiger partial charge in [0.15, 0.2) is 3.77 Å². The Labute approximate surface area is 126 Å². The highest BCUT2D eigenvalue weighted by Crippen LogP contribution is 2.23. The summed E-state index contributed by atoms with van der Waals surface area (Å²) >= 11 is 10.3. The molecular weight excluding hydrogens is 451 g/mol. The average Bonchev–Trinajstić information content (AvgIpc) is 2.63. The fourth-order valence-corrected chi connectivity index (χ4v) is 2.79. The lowest BCUT2D eigenvalue weighted by atomic mass is 10.3. The number of furan rings is 1. The molecule has 1 aromatic heterocycles. The Hall–Kier alpha value is 0.0500. The molecule has 16 heavy (non-hydrogen) atoms. The van der Waals surface area contributed by atoms with Crippen LogP contribution in [-0.4, -0.2) is 0 Å². The lowest BCUT2D eigenvalue weighted by Gasteiger charge is -2.07. The van der Waals surface area contributed by atoms with Crippen LogP contribution in [0.15, 0.2) is 34.7 Å². The van der Waals surface area contributed by atoms with Gasteiger partial charge in [0.2, 0.25) is 0 Å². The Balaban J connectivity index is 2.04. The highest BCUT2D eigenvalue weighted by atomic mass is 127. The van der Waals surface area contributed by atoms with E-state index in [1.54, 1.807) is 0 Å². The molecule has 84 valence electrons. The lowest BCUT2D eigenvalue weighted by Crippen LogP contribution is -1.99. The molecule has 0 aliphatic heterocycles. The highest BCUT2D eigenvalue weighted by molar-refractivity contribution is 14.1. The first kappa shape index (κ1) is 12.5. The summed E-state index contributed by atoms with van der Waals surface area (Å²) in [6, 6.07) is 9.69. The lowest BCUT2D eigenvalue weighted by molar-refractivity contribution is 0.493. The molecular formula is C11H8ClI2NO. The summed E-state index contributed by atoms with van der Waals surface area (Å²) in [6.07, 6.45) is 0. The largest absolute Gasteiger partial charge is 0.454 e. The van der Waals surface area contributed by atoms with Gasteiger partial charge in [-0.15, -0.1) is 0 Å². The zero-order valence-electron chi connectivity index (χ0n) is 8.14. The van der Waals surface area contributed by atoms with E-state index in [9.17, 15) is 0 Å². The fourth-order valence-electron chi connectivity index (χ4n) is 1.26. The first-order valence-corrected chi connectivity index (χ1v) is 7.12. The standard InChI is InChI=1S/C11H8ClI2NO/c12-7-1-3-10(9(13)5-7)15-6-8-2-4-11(14)16-8/h1-5,15H,6H2. The quantitative estimate of drug-likeness (QED) is 0.670. The highest BCUT2D eigenvalue weighted by Gasteiger charge is 2.02. The van der Waals surface area contributed by atoms with Crippen molar-refractivity contribution >= 4 is 62.5 Å². The van der Waals surface area contributed by atoms with Crippen LogP contribution in [0.4, 0.5) is 5.69 Å². The molecule has 0 aliphatic carbocycles. The van der Waals surface area contributed by atoms with Crippen molar-refractivity contribution in [2.24, 2.45) is 0 Å². The van der Waals surface area contributed by atoms with Crippen molar-refractivity contribution < 1.29 is 4.42 Å². The van der Waals surface area contributed by atoms with Crippen LogP contribution in [0.2, 0.25) is 5.02 Å². The SMILES string of the molecule is Clc1ccc(NCc2ccc(I)o2)c(I)c1. The number of anilines is 1. The molecule has 0 bridgehead atoms. The molecule has 2 aromatic rings. The van der Waals surface area contributed by atoms with Gasteiger partial charge in [0.25, 0.3) is 0 Å². The Morgan fingerprint density at radius 3 is 2.62 bits per heavy atom. The molecule has 0 amide bonds. The minimum Gasteiger partial charge on any atom is -0.454 e. The predicted molar refractivity (Wildman–Crippen MR) is 82.9 cm³/mol. The maximum Gasteiger partial charge on any atom is 0.164 e. The van der Waals surface area contributed by atoms with E-state index in [0.717, 1.165) is 23.8 Å². The van der Waals surface area contributed by atoms with E-state index in [1.165, 1.54) is 0 Å². The zero-order valence-corrected chi connectivity index (χ0v) is 13.2. The van der Waals surface area contributed by atoms with Gasteiger partial charge >= 0.3 is 0 Å². The average molecular weight is 459 g/mol. The van der Waals surface area contributed by atoms with Crippen molar-refractivity contribution in [3.8, 4) is 0 Å². The number of hydrogen-bond acceptors (Lipinski definition) is 2. The fraction of sp³-hybridized carbons (Fsp3) is 0.0909. The van der Waals surface area contributed by atoms with Crippen molar-refractivity contribution in [1.82, 2.24) is 0 Å². The smallest absolute Gasteiger partial charge is 0.164 e. The first-order chi connectivity index (χ1) is 7.65. The minimum absolute atomic E-state index is 0.681. The van der Waals surface area contributed by atoms with Gasteiger partial charge < -0.3 is 9.73 Å². The Kier molecular flexibility index (Phi) is 4.37. The van der Waals surface area contributed by atoms with Crippen LogP contribution in [0.25, 0.3) is 0 Å². The summed E-state index contributed by atoms with van der Waals surface area (Å²) in [7, 11) is 0. The van der Waals surface area contributed by atoms with Crippen LogP contribution in [0, 0.1) is 7.34 Å². The van der Waals surface area contributed by atoms with Gasteiger partial charge in [-0.1, -0.05) is 11.6 Å². The van der Waals surface area contributed by atoms with Gasteiger partial charge in [-0.25, -0.2) is 0 Å². The minimum atomic E-state index is 0.681. The van der Waals surface area contributed by atoms with Crippen molar-refractivity contribution in [3.63, 3.8) is 0 Å². The molecule has 0 saturated carbocycles. The number of rotatable bonds is 3. The van der Waals surface area contributed by atoms with Crippen molar-refractivity contribution in [1.29, 1.82) is 0 Å². The van der Waals surface area contributed by atoms with E-state index in [-0.39, 0.29) is 0 Å². The maximum atomic E-state index is 5.89. The third-order valence-electron chi connectivity index (χ3n) is 2.01. The first-order valence-electron chi connectivity index (χ1n) is 4.58. The summed E-state index contributed by atoms with van der Waals surface area (Å²) in [6.45, 7) is 0.681. The molecule has 0 radical (unpaired) electrons. The molecule has 0 fully saturated rings. The Morgan fingerprint density at radius 2 is 2.00 bits per heavy atom. The molecule has 0 aliphatic rings. The molecule has 1 N–H and O–H groups in total. The second kappa shape index (κ2) is 5.59. The second-order valence-corrected chi connectivity index (χ2v) is 5.85. The van der Waals surface area contributed by atoms with E-state index in [0.29, 0.717) is 6.54 Å². The summed E-state index contributed by atoms with van der Waals surface area (Å²) < 4.78 is 7.47. The van der Waals surface area contributed by atoms with Crippen LogP contribution in [0.5, 0.6) is 0 Å². The molecule has 0 spiro atoms. The topological polar surface area (TPSA) is 25.2 Å². The van der Waals surface area contributed by atoms with Gasteiger partial charge in [0.05, 0.1) is 6.54 Å². The number of nitrogens with one attached hydrogen (secondary N) is 1. The number of hydrogen-bond donors (Lipinski definition) is 1. The molecule has 1 heterocycles. The molecule has 0 saturated heterocycles. The van der Waals surface area contributed by atoms with E-state index in [2.05, 4.69) is 50.5 Å². The van der Waals surface area contributed by atoms with Crippen molar-refractivity contribution in [3.05, 3.63) is 48.5 Å². The maximum absolute atomic E-state index is 5.89. The number of benzene rings is 1. The van der Waals surface area contributed by atoms with Crippen molar-refractivity contribution in [2.75, 3.05) is 5.32 Å². The number of halogens is 3. The second-order valence-electron chi connectivity index (χ2n) is 3.18. The zero-order chi connectivity index (χ0) is 11.5. The van der Waals surface area contributed by atoms with Gasteiger partial charge in [-0.05, 0) is 75.5 Å². The van der Waals surface area contributed by atoms with E-state index in [1.807, 2.05) is 30.3 Å². The summed E-state index contributed by atoms with van der Waals surface area (Å²) in [5.74, 6) is 0.926. The molecule has 2 nitrogen and oxygen atoms in total. The van der Waals surface area contributed by atoms with Gasteiger partial charge in [-0.2, -0.15) is 0 Å². The van der Waals surface area contributed by atoms with Gasteiger partial charge in [0.1, 0.15) is 5.76 Å². The summed E-state index contributed by atoms with van der Waals surface area (Å²) in [5.41, 5.74) is 1.07. The molecule has 0 unspecified atom stereocenters. The molecule has 1 aromatic carbocycles. The Bertz CT molecular complexity index is 498. The summed E-state index contributed by atoms with van der Waals surface area (Å²) in [4.78, 5) is 0. The van der Waals surface area contributed by atoms with Gasteiger partial charge in [-0.3, -0.25) is 0 Å². The predicted octanol–water partition coefficient (Wildman–Crippen LogP) is 4.75. The van der Waals surface area contributed by atoms with E-state index in [4.69, 9.17) is 16.0 Å². The monoisotopic (exact) mass is 459 g/mol. The third-order valence-corrected chi connectivity index (χ3v) is 3.72. The Morgan fingerprint density at radius 1 is 1.19 bits per heavy atom. The molecule has 0 atom stereocenters. The van der Waals surface area contributed by atoms with E-state index < -0.39 is 0 Å². The van der Waals surface area contributed by atoms with E-state index >= 15 is 0 Å². The third kappa shape index (κ3) is 3.27. The van der Waals surface area contributed by atoms with Crippen LogP contribution < -0.4 is 5.32 Å². The molecule has 5 heteroatoms. The van der Waals surface area contributed by atoms with Crippen LogP contribution in [0.1, 0.15) is 5.76 Å². The normalized spacial score (nSPS) is 10.4. The van der Waals surface area contributed by atoms with Crippen LogP contribution in [-0.2, 0) is 6.54 Å². The summed E-state index contributed by atoms with van der Waals surface area (Å²) in [5, 5.41) is 4.06.